The summed E-state index contributed by atoms with van der Waals surface area (Å²) in [6.07, 6.45) is 1.44. The van der Waals surface area contributed by atoms with Crippen LogP contribution < -0.4 is 10.6 Å². The molecule has 0 aliphatic rings. The van der Waals surface area contributed by atoms with E-state index in [0.717, 1.165) is 0 Å². The lowest BCUT2D eigenvalue weighted by molar-refractivity contribution is 0.0914. The molecule has 0 fully saturated rings. The van der Waals surface area contributed by atoms with Crippen molar-refractivity contribution < 1.29 is 9.59 Å². The Balaban J connectivity index is 2.14. The van der Waals surface area contributed by atoms with Crippen molar-refractivity contribution in [2.24, 2.45) is 0 Å². The minimum atomic E-state index is -0.375. The number of carbonyl (C=O) groups is 2. The predicted octanol–water partition coefficient (Wildman–Crippen LogP) is 3.52. The van der Waals surface area contributed by atoms with Crippen LogP contribution in [0.3, 0.4) is 0 Å². The third-order valence-electron chi connectivity index (χ3n) is 2.85. The van der Waals surface area contributed by atoms with Gasteiger partial charge >= 0.3 is 0 Å². The molecule has 2 aromatic rings. The zero-order chi connectivity index (χ0) is 17.0. The molecule has 2 N–H and O–H groups in total. The number of halogens is 1. The fourth-order valence-electron chi connectivity index (χ4n) is 1.84. The average Bonchev–Trinajstić information content (AvgIpc) is 2.48. The van der Waals surface area contributed by atoms with Gasteiger partial charge in [0.1, 0.15) is 5.69 Å². The molecule has 0 bridgehead atoms. The standard InChI is InChI=1S/C17H18ClN3O2/c1-17(2,3)21-16(23)14-10-11(8-9-19-14)15(22)20-13-6-4-12(18)5-7-13/h4-10H,1-3H3,(H,20,22)(H,21,23). The number of rotatable bonds is 3. The number of hydrogen-bond donors (Lipinski definition) is 2. The molecule has 5 nitrogen and oxygen atoms in total. The maximum absolute atomic E-state index is 12.3. The van der Waals surface area contributed by atoms with Crippen molar-refractivity contribution in [2.45, 2.75) is 26.3 Å². The summed E-state index contributed by atoms with van der Waals surface area (Å²) in [5.41, 5.74) is 0.801. The molecule has 6 heteroatoms. The van der Waals surface area contributed by atoms with Crippen LogP contribution in [-0.4, -0.2) is 22.3 Å². The molecule has 2 amide bonds. The van der Waals surface area contributed by atoms with Crippen LogP contribution in [0.1, 0.15) is 41.6 Å². The van der Waals surface area contributed by atoms with Crippen molar-refractivity contribution >= 4 is 29.1 Å². The summed E-state index contributed by atoms with van der Waals surface area (Å²) in [6, 6.07) is 9.80. The maximum atomic E-state index is 12.3. The van der Waals surface area contributed by atoms with Gasteiger partial charge in [-0.15, -0.1) is 0 Å². The van der Waals surface area contributed by atoms with Crippen LogP contribution in [0.4, 0.5) is 5.69 Å². The first-order chi connectivity index (χ1) is 10.7. The highest BCUT2D eigenvalue weighted by molar-refractivity contribution is 6.30. The number of carbonyl (C=O) groups excluding carboxylic acids is 2. The molecule has 0 saturated carbocycles. The van der Waals surface area contributed by atoms with Crippen LogP contribution in [0.5, 0.6) is 0 Å². The van der Waals surface area contributed by atoms with Crippen LogP contribution in [0.15, 0.2) is 42.6 Å². The van der Waals surface area contributed by atoms with Gasteiger partial charge < -0.3 is 10.6 Å². The van der Waals surface area contributed by atoms with Crippen LogP contribution >= 0.6 is 11.6 Å². The van der Waals surface area contributed by atoms with Crippen LogP contribution in [-0.2, 0) is 0 Å². The zero-order valence-electron chi connectivity index (χ0n) is 13.2. The predicted molar refractivity (Wildman–Crippen MR) is 90.9 cm³/mol. The summed E-state index contributed by atoms with van der Waals surface area (Å²) in [5, 5.41) is 6.14. The van der Waals surface area contributed by atoms with Gasteiger partial charge in [0.15, 0.2) is 0 Å². The summed E-state index contributed by atoms with van der Waals surface area (Å²) in [6.45, 7) is 5.63. The van der Waals surface area contributed by atoms with E-state index in [9.17, 15) is 9.59 Å². The van der Waals surface area contributed by atoms with Gasteiger partial charge in [0.05, 0.1) is 0 Å². The zero-order valence-corrected chi connectivity index (χ0v) is 13.9. The third-order valence-corrected chi connectivity index (χ3v) is 3.10. The number of benzene rings is 1. The minimum absolute atomic E-state index is 0.198. The van der Waals surface area contributed by atoms with Crippen LogP contribution in [0.2, 0.25) is 5.02 Å². The molecule has 1 aromatic heterocycles. The maximum Gasteiger partial charge on any atom is 0.270 e. The normalized spacial score (nSPS) is 11.0. The van der Waals surface area contributed by atoms with Crippen LogP contribution in [0, 0.1) is 0 Å². The van der Waals surface area contributed by atoms with E-state index in [1.165, 1.54) is 12.3 Å². The number of aromatic nitrogens is 1. The fraction of sp³-hybridized carbons (Fsp3) is 0.235. The number of nitrogens with zero attached hydrogens (tertiary/aromatic N) is 1. The lowest BCUT2D eigenvalue weighted by Crippen LogP contribution is -2.41. The van der Waals surface area contributed by atoms with E-state index in [0.29, 0.717) is 16.3 Å². The number of pyridine rings is 1. The van der Waals surface area contributed by atoms with Gasteiger partial charge in [-0.2, -0.15) is 0 Å². The molecule has 0 unspecified atom stereocenters. The first-order valence-corrected chi connectivity index (χ1v) is 7.48. The molecule has 0 aliphatic heterocycles. The van der Waals surface area contributed by atoms with Crippen molar-refractivity contribution in [2.75, 3.05) is 5.32 Å². The highest BCUT2D eigenvalue weighted by Crippen LogP contribution is 2.15. The number of amides is 2. The van der Waals surface area contributed by atoms with Crippen molar-refractivity contribution in [1.82, 2.24) is 10.3 Å². The molecule has 2 rings (SSSR count). The van der Waals surface area contributed by atoms with E-state index >= 15 is 0 Å². The largest absolute Gasteiger partial charge is 0.346 e. The highest BCUT2D eigenvalue weighted by Gasteiger charge is 2.17. The van der Waals surface area contributed by atoms with Crippen molar-refractivity contribution in [3.63, 3.8) is 0 Å². The summed E-state index contributed by atoms with van der Waals surface area (Å²) in [4.78, 5) is 28.4. The Morgan fingerprint density at radius 1 is 1.04 bits per heavy atom. The van der Waals surface area contributed by atoms with Gasteiger partial charge in [-0.25, -0.2) is 0 Å². The lowest BCUT2D eigenvalue weighted by atomic mass is 10.1. The smallest absolute Gasteiger partial charge is 0.270 e. The summed E-state index contributed by atoms with van der Waals surface area (Å²) in [5.74, 6) is -0.641. The molecule has 0 saturated heterocycles. The first-order valence-electron chi connectivity index (χ1n) is 7.10. The van der Waals surface area contributed by atoms with Crippen molar-refractivity contribution in [3.8, 4) is 0 Å². The van der Waals surface area contributed by atoms with Gasteiger partial charge in [-0.3, -0.25) is 14.6 Å². The topological polar surface area (TPSA) is 71.1 Å². The van der Waals surface area contributed by atoms with Gasteiger partial charge in [0.25, 0.3) is 11.8 Å². The number of hydrogen-bond acceptors (Lipinski definition) is 3. The average molecular weight is 332 g/mol. The highest BCUT2D eigenvalue weighted by atomic mass is 35.5. The Bertz CT molecular complexity index is 721. The Hall–Kier alpha value is -2.40. The third kappa shape index (κ3) is 5.07. The van der Waals surface area contributed by atoms with Gasteiger partial charge in [-0.05, 0) is 57.2 Å². The monoisotopic (exact) mass is 331 g/mol. The molecule has 0 spiro atoms. The van der Waals surface area contributed by atoms with E-state index < -0.39 is 0 Å². The Morgan fingerprint density at radius 3 is 2.30 bits per heavy atom. The second kappa shape index (κ2) is 6.79. The molecule has 1 heterocycles. The van der Waals surface area contributed by atoms with E-state index in [1.54, 1.807) is 30.3 Å². The summed E-state index contributed by atoms with van der Waals surface area (Å²) >= 11 is 5.81. The lowest BCUT2D eigenvalue weighted by Gasteiger charge is -2.20. The second-order valence-electron chi connectivity index (χ2n) is 6.09. The molecule has 0 aliphatic carbocycles. The van der Waals surface area contributed by atoms with Gasteiger partial charge in [0.2, 0.25) is 0 Å². The molecule has 120 valence electrons. The van der Waals surface area contributed by atoms with Crippen molar-refractivity contribution in [1.29, 1.82) is 0 Å². The Morgan fingerprint density at radius 2 is 1.70 bits per heavy atom. The fourth-order valence-corrected chi connectivity index (χ4v) is 1.96. The number of anilines is 1. The van der Waals surface area contributed by atoms with Gasteiger partial charge in [-0.1, -0.05) is 11.6 Å². The number of nitrogens with one attached hydrogen (secondary N) is 2. The van der Waals surface area contributed by atoms with Crippen molar-refractivity contribution in [3.05, 3.63) is 58.9 Å². The van der Waals surface area contributed by atoms with E-state index in [-0.39, 0.29) is 23.0 Å². The quantitative estimate of drug-likeness (QED) is 0.904. The summed E-state index contributed by atoms with van der Waals surface area (Å²) in [7, 11) is 0. The molecule has 0 radical (unpaired) electrons. The Kier molecular flexibility index (Phi) is 5.01. The molecule has 0 atom stereocenters. The molecular weight excluding hydrogens is 314 g/mol. The van der Waals surface area contributed by atoms with E-state index in [1.807, 2.05) is 20.8 Å². The first kappa shape index (κ1) is 17.0. The molecular formula is C17H18ClN3O2. The van der Waals surface area contributed by atoms with Crippen LogP contribution in [0.25, 0.3) is 0 Å². The SMILES string of the molecule is CC(C)(C)NC(=O)c1cc(C(=O)Nc2ccc(Cl)cc2)ccn1. The molecule has 23 heavy (non-hydrogen) atoms. The Labute approximate surface area is 140 Å². The second-order valence-corrected chi connectivity index (χ2v) is 6.53. The minimum Gasteiger partial charge on any atom is -0.346 e. The van der Waals surface area contributed by atoms with E-state index in [2.05, 4.69) is 15.6 Å². The molecule has 1 aromatic carbocycles. The van der Waals surface area contributed by atoms with Gasteiger partial charge in [0, 0.05) is 28.0 Å². The van der Waals surface area contributed by atoms with E-state index in [4.69, 9.17) is 11.6 Å². The summed E-state index contributed by atoms with van der Waals surface area (Å²) < 4.78 is 0.